The van der Waals surface area contributed by atoms with E-state index in [4.69, 9.17) is 0 Å². The topological polar surface area (TPSA) is 76.1 Å². The van der Waals surface area contributed by atoms with Crippen LogP contribution in [-0.4, -0.2) is 36.7 Å². The van der Waals surface area contributed by atoms with Gasteiger partial charge in [0.05, 0.1) is 5.52 Å². The zero-order valence-corrected chi connectivity index (χ0v) is 11.0. The van der Waals surface area contributed by atoms with Crippen molar-refractivity contribution in [2.45, 2.75) is 6.43 Å². The van der Waals surface area contributed by atoms with E-state index >= 15 is 0 Å². The average molecular weight is 292 g/mol. The number of hydrogen-bond acceptors (Lipinski definition) is 4. The zero-order valence-electron chi connectivity index (χ0n) is 11.0. The third-order valence-corrected chi connectivity index (χ3v) is 3.22. The van der Waals surface area contributed by atoms with Crippen LogP contribution in [0.5, 0.6) is 0 Å². The Bertz CT molecular complexity index is 800. The lowest BCUT2D eigenvalue weighted by Crippen LogP contribution is -2.30. The lowest BCUT2D eigenvalue weighted by molar-refractivity contribution is 0.141. The molecule has 0 bridgehead atoms. The maximum absolute atomic E-state index is 12.8. The molecule has 6 nitrogen and oxygen atoms in total. The van der Waals surface area contributed by atoms with Crippen LogP contribution in [0.1, 0.15) is 12.1 Å². The molecule has 2 heterocycles. The molecule has 9 heteroatoms. The van der Waals surface area contributed by atoms with Crippen molar-refractivity contribution in [1.29, 1.82) is 0 Å². The van der Waals surface area contributed by atoms with Crippen LogP contribution in [0.25, 0.3) is 16.7 Å². The molecule has 0 aliphatic carbocycles. The van der Waals surface area contributed by atoms with Crippen molar-refractivity contribution in [3.05, 3.63) is 36.2 Å². The Kier molecular flexibility index (Phi) is 3.22. The van der Waals surface area contributed by atoms with Gasteiger partial charge in [-0.05, 0) is 11.5 Å². The second-order valence-corrected chi connectivity index (χ2v) is 4.58. The molecule has 0 unspecified atom stereocenters. The summed E-state index contributed by atoms with van der Waals surface area (Å²) in [5, 5.41) is 27.4. The van der Waals surface area contributed by atoms with Crippen molar-refractivity contribution in [2.24, 2.45) is 7.05 Å². The zero-order chi connectivity index (χ0) is 15.1. The summed E-state index contributed by atoms with van der Waals surface area (Å²) in [5.41, 5.74) is 0.598. The van der Waals surface area contributed by atoms with Crippen molar-refractivity contribution < 1.29 is 18.8 Å². The van der Waals surface area contributed by atoms with Crippen molar-refractivity contribution >= 4 is 23.5 Å². The van der Waals surface area contributed by atoms with E-state index in [1.807, 2.05) is 0 Å². The third kappa shape index (κ3) is 2.30. The standard InChI is InChI=1S/C12H11BF2N4O2/c1-18-10(12(14)15)5-11(17-18)19-6-7-8(13(20)21)3-2-4-9(7)16-19/h2-6,12,20-21H,1H3. The molecule has 21 heavy (non-hydrogen) atoms. The minimum absolute atomic E-state index is 0.216. The van der Waals surface area contributed by atoms with Gasteiger partial charge in [0.1, 0.15) is 5.69 Å². The molecule has 2 N–H and O–H groups in total. The van der Waals surface area contributed by atoms with Crippen molar-refractivity contribution in [1.82, 2.24) is 19.6 Å². The summed E-state index contributed by atoms with van der Waals surface area (Å²) in [6.07, 6.45) is -1.10. The summed E-state index contributed by atoms with van der Waals surface area (Å²) >= 11 is 0. The molecule has 0 fully saturated rings. The minimum Gasteiger partial charge on any atom is -0.423 e. The van der Waals surface area contributed by atoms with Crippen LogP contribution in [0.2, 0.25) is 0 Å². The maximum atomic E-state index is 12.8. The number of hydrogen-bond donors (Lipinski definition) is 2. The molecular formula is C12H11BF2N4O2. The number of halogens is 2. The Labute approximate surface area is 118 Å². The summed E-state index contributed by atoms with van der Waals surface area (Å²) in [7, 11) is -0.205. The SMILES string of the molecule is Cn1nc(-n2cc3c(B(O)O)cccc3n2)cc1C(F)F. The number of aromatic nitrogens is 4. The molecule has 0 amide bonds. The monoisotopic (exact) mass is 292 g/mol. The van der Waals surface area contributed by atoms with Gasteiger partial charge in [-0.3, -0.25) is 4.68 Å². The Morgan fingerprint density at radius 1 is 1.24 bits per heavy atom. The van der Waals surface area contributed by atoms with Gasteiger partial charge in [-0.25, -0.2) is 13.5 Å². The van der Waals surface area contributed by atoms with Gasteiger partial charge in [0.2, 0.25) is 0 Å². The van der Waals surface area contributed by atoms with E-state index in [0.717, 1.165) is 4.68 Å². The Morgan fingerprint density at radius 3 is 2.62 bits per heavy atom. The molecule has 0 aliphatic heterocycles. The number of benzene rings is 1. The predicted octanol–water partition coefficient (Wildman–Crippen LogP) is 0.376. The normalized spacial score (nSPS) is 11.5. The molecule has 0 radical (unpaired) electrons. The van der Waals surface area contributed by atoms with E-state index in [1.54, 1.807) is 18.2 Å². The fourth-order valence-electron chi connectivity index (χ4n) is 2.19. The molecule has 3 rings (SSSR count). The Balaban J connectivity index is 2.13. The number of fused-ring (bicyclic) bond motifs is 1. The molecule has 0 aliphatic rings. The van der Waals surface area contributed by atoms with Gasteiger partial charge in [0.15, 0.2) is 5.82 Å². The molecule has 2 aromatic heterocycles. The van der Waals surface area contributed by atoms with Crippen LogP contribution in [0.15, 0.2) is 30.5 Å². The number of aryl methyl sites for hydroxylation is 1. The van der Waals surface area contributed by atoms with E-state index in [9.17, 15) is 18.8 Å². The quantitative estimate of drug-likeness (QED) is 0.684. The van der Waals surface area contributed by atoms with Gasteiger partial charge < -0.3 is 10.0 Å². The molecule has 1 aromatic carbocycles. The predicted molar refractivity (Wildman–Crippen MR) is 72.6 cm³/mol. The van der Waals surface area contributed by atoms with E-state index in [1.165, 1.54) is 24.0 Å². The molecule has 0 spiro atoms. The van der Waals surface area contributed by atoms with Gasteiger partial charge in [0, 0.05) is 24.7 Å². The van der Waals surface area contributed by atoms with E-state index in [2.05, 4.69) is 10.2 Å². The second kappa shape index (κ2) is 4.94. The summed E-state index contributed by atoms with van der Waals surface area (Å²) in [6.45, 7) is 0. The summed E-state index contributed by atoms with van der Waals surface area (Å²) < 4.78 is 28.0. The Hall–Kier alpha value is -2.26. The first-order valence-corrected chi connectivity index (χ1v) is 6.14. The Morgan fingerprint density at radius 2 is 2.00 bits per heavy atom. The lowest BCUT2D eigenvalue weighted by atomic mass is 9.78. The highest BCUT2D eigenvalue weighted by Crippen LogP contribution is 2.21. The average Bonchev–Trinajstić information content (AvgIpc) is 3.00. The van der Waals surface area contributed by atoms with Crippen molar-refractivity contribution in [3.8, 4) is 5.82 Å². The first-order valence-electron chi connectivity index (χ1n) is 6.14. The highest BCUT2D eigenvalue weighted by atomic mass is 19.3. The summed E-state index contributed by atoms with van der Waals surface area (Å²) in [4.78, 5) is 0. The number of rotatable bonds is 3. The molecule has 3 aromatic rings. The van der Waals surface area contributed by atoms with Crippen LogP contribution in [0.4, 0.5) is 8.78 Å². The van der Waals surface area contributed by atoms with Crippen LogP contribution >= 0.6 is 0 Å². The third-order valence-electron chi connectivity index (χ3n) is 3.22. The molecular weight excluding hydrogens is 281 g/mol. The van der Waals surface area contributed by atoms with Crippen molar-refractivity contribution in [3.63, 3.8) is 0 Å². The van der Waals surface area contributed by atoms with E-state index in [-0.39, 0.29) is 11.5 Å². The molecule has 0 atom stereocenters. The maximum Gasteiger partial charge on any atom is 0.489 e. The van der Waals surface area contributed by atoms with Crippen LogP contribution in [0, 0.1) is 0 Å². The first-order chi connectivity index (χ1) is 9.97. The van der Waals surface area contributed by atoms with Crippen molar-refractivity contribution in [2.75, 3.05) is 0 Å². The van der Waals surface area contributed by atoms with Gasteiger partial charge in [-0.1, -0.05) is 12.1 Å². The highest BCUT2D eigenvalue weighted by Gasteiger charge is 2.19. The van der Waals surface area contributed by atoms with E-state index in [0.29, 0.717) is 16.4 Å². The fourth-order valence-corrected chi connectivity index (χ4v) is 2.19. The number of nitrogens with zero attached hydrogens (tertiary/aromatic N) is 4. The van der Waals surface area contributed by atoms with Crippen LogP contribution in [-0.2, 0) is 7.05 Å². The smallest absolute Gasteiger partial charge is 0.423 e. The second-order valence-electron chi connectivity index (χ2n) is 4.58. The van der Waals surface area contributed by atoms with Gasteiger partial charge in [-0.2, -0.15) is 10.2 Å². The summed E-state index contributed by atoms with van der Waals surface area (Å²) in [5.74, 6) is 0.238. The lowest BCUT2D eigenvalue weighted by Gasteiger charge is -1.98. The van der Waals surface area contributed by atoms with Gasteiger partial charge in [0.25, 0.3) is 6.43 Å². The van der Waals surface area contributed by atoms with Crippen LogP contribution < -0.4 is 5.46 Å². The minimum atomic E-state index is -2.63. The largest absolute Gasteiger partial charge is 0.489 e. The molecule has 108 valence electrons. The number of alkyl halides is 2. The van der Waals surface area contributed by atoms with Crippen LogP contribution in [0.3, 0.4) is 0 Å². The molecule has 0 saturated heterocycles. The first kappa shape index (κ1) is 13.7. The summed E-state index contributed by atoms with van der Waals surface area (Å²) in [6, 6.07) is 6.12. The van der Waals surface area contributed by atoms with E-state index < -0.39 is 13.5 Å². The molecule has 0 saturated carbocycles. The highest BCUT2D eigenvalue weighted by molar-refractivity contribution is 6.61. The van der Waals surface area contributed by atoms with Gasteiger partial charge in [-0.15, -0.1) is 0 Å². The van der Waals surface area contributed by atoms with Gasteiger partial charge >= 0.3 is 7.12 Å². The fraction of sp³-hybridized carbons (Fsp3) is 0.167.